The van der Waals surface area contributed by atoms with Crippen molar-refractivity contribution in [3.8, 4) is 0 Å². The van der Waals surface area contributed by atoms with Crippen LogP contribution in [0.1, 0.15) is 46.5 Å². The molecule has 3 heteroatoms. The Hall–Kier alpha value is -0.120. The molecular formula is C14H27NO2. The predicted octanol–water partition coefficient (Wildman–Crippen LogP) is 1.93. The van der Waals surface area contributed by atoms with Gasteiger partial charge in [0.15, 0.2) is 0 Å². The van der Waals surface area contributed by atoms with Crippen molar-refractivity contribution in [3.05, 3.63) is 0 Å². The van der Waals surface area contributed by atoms with E-state index < -0.39 is 5.60 Å². The summed E-state index contributed by atoms with van der Waals surface area (Å²) in [5.74, 6) is 0.333. The standard InChI is InChI=1S/C14H27NO2/c1-11-8-12(2,3)9-14(11,16)13(10-15)4-6-17-7-5-13/h11,16H,4-10,15H2,1-3H3. The fourth-order valence-corrected chi connectivity index (χ4v) is 4.26. The van der Waals surface area contributed by atoms with E-state index in [0.29, 0.717) is 12.5 Å². The molecule has 2 fully saturated rings. The van der Waals surface area contributed by atoms with E-state index in [1.807, 2.05) is 0 Å². The number of aliphatic hydroxyl groups is 1. The van der Waals surface area contributed by atoms with Crippen LogP contribution in [-0.2, 0) is 4.74 Å². The van der Waals surface area contributed by atoms with Crippen molar-refractivity contribution < 1.29 is 9.84 Å². The molecule has 2 rings (SSSR count). The van der Waals surface area contributed by atoms with Crippen LogP contribution in [-0.4, -0.2) is 30.5 Å². The van der Waals surface area contributed by atoms with E-state index in [1.54, 1.807) is 0 Å². The van der Waals surface area contributed by atoms with Gasteiger partial charge in [0.1, 0.15) is 0 Å². The molecule has 1 aliphatic heterocycles. The molecule has 3 nitrogen and oxygen atoms in total. The topological polar surface area (TPSA) is 55.5 Å². The monoisotopic (exact) mass is 241 g/mol. The van der Waals surface area contributed by atoms with Crippen LogP contribution in [0, 0.1) is 16.7 Å². The Bertz CT molecular complexity index is 284. The van der Waals surface area contributed by atoms with Crippen molar-refractivity contribution in [1.82, 2.24) is 0 Å². The highest BCUT2D eigenvalue weighted by Crippen LogP contribution is 2.57. The third kappa shape index (κ3) is 2.02. The molecule has 2 unspecified atom stereocenters. The molecule has 1 saturated carbocycles. The first-order valence-corrected chi connectivity index (χ1v) is 6.85. The minimum Gasteiger partial charge on any atom is -0.389 e. The van der Waals surface area contributed by atoms with Gasteiger partial charge in [0.2, 0.25) is 0 Å². The summed E-state index contributed by atoms with van der Waals surface area (Å²) in [4.78, 5) is 0. The number of ether oxygens (including phenoxy) is 1. The van der Waals surface area contributed by atoms with Crippen molar-refractivity contribution in [2.45, 2.75) is 52.1 Å². The molecule has 0 aromatic heterocycles. The van der Waals surface area contributed by atoms with E-state index in [4.69, 9.17) is 10.5 Å². The van der Waals surface area contributed by atoms with Crippen LogP contribution in [0.3, 0.4) is 0 Å². The van der Waals surface area contributed by atoms with E-state index in [1.165, 1.54) is 0 Å². The zero-order valence-corrected chi connectivity index (χ0v) is 11.5. The quantitative estimate of drug-likeness (QED) is 0.776. The Morgan fingerprint density at radius 2 is 1.88 bits per heavy atom. The second kappa shape index (κ2) is 4.22. The van der Waals surface area contributed by atoms with Gasteiger partial charge in [-0.2, -0.15) is 0 Å². The summed E-state index contributed by atoms with van der Waals surface area (Å²) in [6.45, 7) is 8.75. The third-order valence-corrected chi connectivity index (χ3v) is 5.18. The molecule has 0 radical (unpaired) electrons. The van der Waals surface area contributed by atoms with Crippen LogP contribution in [0.15, 0.2) is 0 Å². The molecule has 0 aromatic rings. The highest BCUT2D eigenvalue weighted by Gasteiger charge is 2.58. The van der Waals surface area contributed by atoms with Crippen molar-refractivity contribution in [1.29, 1.82) is 0 Å². The van der Waals surface area contributed by atoms with Crippen LogP contribution in [0.4, 0.5) is 0 Å². The maximum absolute atomic E-state index is 11.2. The first-order valence-electron chi connectivity index (χ1n) is 6.85. The lowest BCUT2D eigenvalue weighted by Crippen LogP contribution is -2.57. The SMILES string of the molecule is CC1CC(C)(C)CC1(O)C1(CN)CCOCC1. The van der Waals surface area contributed by atoms with E-state index in [2.05, 4.69) is 20.8 Å². The molecule has 1 saturated heterocycles. The molecule has 0 bridgehead atoms. The van der Waals surface area contributed by atoms with Gasteiger partial charge < -0.3 is 15.6 Å². The van der Waals surface area contributed by atoms with Crippen LogP contribution in [0.5, 0.6) is 0 Å². The number of nitrogens with two attached hydrogens (primary N) is 1. The lowest BCUT2D eigenvalue weighted by atomic mass is 9.62. The Labute approximate surface area is 105 Å². The predicted molar refractivity (Wildman–Crippen MR) is 68.7 cm³/mol. The second-order valence-corrected chi connectivity index (χ2v) is 6.97. The summed E-state index contributed by atoms with van der Waals surface area (Å²) in [6.07, 6.45) is 3.77. The smallest absolute Gasteiger partial charge is 0.0748 e. The molecule has 0 amide bonds. The summed E-state index contributed by atoms with van der Waals surface area (Å²) in [6, 6.07) is 0. The lowest BCUT2D eigenvalue weighted by molar-refractivity contribution is -0.148. The molecule has 100 valence electrons. The Balaban J connectivity index is 2.29. The van der Waals surface area contributed by atoms with Gasteiger partial charge in [-0.15, -0.1) is 0 Å². The average Bonchev–Trinajstić information content (AvgIpc) is 2.49. The zero-order valence-electron chi connectivity index (χ0n) is 11.5. The van der Waals surface area contributed by atoms with Gasteiger partial charge in [-0.05, 0) is 37.0 Å². The number of hydrogen-bond donors (Lipinski definition) is 2. The van der Waals surface area contributed by atoms with Gasteiger partial charge in [0, 0.05) is 25.2 Å². The van der Waals surface area contributed by atoms with Crippen molar-refractivity contribution in [3.63, 3.8) is 0 Å². The van der Waals surface area contributed by atoms with Crippen LogP contribution in [0.25, 0.3) is 0 Å². The van der Waals surface area contributed by atoms with Gasteiger partial charge in [-0.1, -0.05) is 20.8 Å². The molecule has 17 heavy (non-hydrogen) atoms. The van der Waals surface area contributed by atoms with Gasteiger partial charge in [-0.3, -0.25) is 0 Å². The maximum Gasteiger partial charge on any atom is 0.0748 e. The minimum atomic E-state index is -0.602. The fraction of sp³-hybridized carbons (Fsp3) is 1.00. The first-order chi connectivity index (χ1) is 7.85. The average molecular weight is 241 g/mol. The highest BCUT2D eigenvalue weighted by atomic mass is 16.5. The molecule has 0 aromatic carbocycles. The Morgan fingerprint density at radius 3 is 2.29 bits per heavy atom. The van der Waals surface area contributed by atoms with E-state index >= 15 is 0 Å². The minimum absolute atomic E-state index is 0.127. The Morgan fingerprint density at radius 1 is 1.29 bits per heavy atom. The van der Waals surface area contributed by atoms with E-state index in [0.717, 1.165) is 38.9 Å². The molecule has 2 atom stereocenters. The van der Waals surface area contributed by atoms with Crippen molar-refractivity contribution in [2.24, 2.45) is 22.5 Å². The summed E-state index contributed by atoms with van der Waals surface area (Å²) in [5.41, 5.74) is 5.54. The molecule has 2 aliphatic rings. The van der Waals surface area contributed by atoms with Crippen LogP contribution in [0.2, 0.25) is 0 Å². The third-order valence-electron chi connectivity index (χ3n) is 5.18. The molecule has 1 heterocycles. The normalized spacial score (nSPS) is 40.4. The fourth-order valence-electron chi connectivity index (χ4n) is 4.26. The maximum atomic E-state index is 11.2. The van der Waals surface area contributed by atoms with Gasteiger partial charge in [0.25, 0.3) is 0 Å². The molecular weight excluding hydrogens is 214 g/mol. The summed E-state index contributed by atoms with van der Waals surface area (Å²) in [7, 11) is 0. The molecule has 3 N–H and O–H groups in total. The first kappa shape index (κ1) is 13.3. The van der Waals surface area contributed by atoms with Crippen molar-refractivity contribution >= 4 is 0 Å². The van der Waals surface area contributed by atoms with E-state index in [-0.39, 0.29) is 10.8 Å². The molecule has 1 aliphatic carbocycles. The summed E-state index contributed by atoms with van der Waals surface area (Å²) in [5, 5.41) is 11.2. The van der Waals surface area contributed by atoms with Gasteiger partial charge >= 0.3 is 0 Å². The van der Waals surface area contributed by atoms with Crippen LogP contribution >= 0.6 is 0 Å². The Kier molecular flexibility index (Phi) is 3.30. The summed E-state index contributed by atoms with van der Waals surface area (Å²) >= 11 is 0. The molecule has 0 spiro atoms. The van der Waals surface area contributed by atoms with Crippen LogP contribution < -0.4 is 5.73 Å². The second-order valence-electron chi connectivity index (χ2n) is 6.97. The number of rotatable bonds is 2. The summed E-state index contributed by atoms with van der Waals surface area (Å²) < 4.78 is 5.45. The highest BCUT2D eigenvalue weighted by molar-refractivity contribution is 5.10. The van der Waals surface area contributed by atoms with E-state index in [9.17, 15) is 5.11 Å². The lowest BCUT2D eigenvalue weighted by Gasteiger charge is -2.50. The van der Waals surface area contributed by atoms with Gasteiger partial charge in [0.05, 0.1) is 5.60 Å². The van der Waals surface area contributed by atoms with Crippen molar-refractivity contribution in [2.75, 3.05) is 19.8 Å². The number of hydrogen-bond acceptors (Lipinski definition) is 3. The largest absolute Gasteiger partial charge is 0.389 e. The zero-order chi connectivity index (χ0) is 12.7. The van der Waals surface area contributed by atoms with Gasteiger partial charge in [-0.25, -0.2) is 0 Å².